The maximum Gasteiger partial charge on any atom is 0.330 e. The van der Waals surface area contributed by atoms with E-state index in [0.29, 0.717) is 0 Å². The number of ether oxygens (including phenoxy) is 2. The number of carboxylic acids is 1. The van der Waals surface area contributed by atoms with Crippen molar-refractivity contribution in [2.75, 3.05) is 0 Å². The van der Waals surface area contributed by atoms with Crippen molar-refractivity contribution in [2.45, 2.75) is 52.0 Å². The molecule has 0 rings (SSSR count). The fourth-order valence-electron chi connectivity index (χ4n) is 1.51. The number of esters is 2. The van der Waals surface area contributed by atoms with Crippen molar-refractivity contribution in [2.24, 2.45) is 5.73 Å². The number of carboxylic acid groups (broad SMARTS) is 1. The summed E-state index contributed by atoms with van der Waals surface area (Å²) in [6, 6.07) is -2.71. The number of nitrogens with two attached hydrogens (primary N) is 1. The van der Waals surface area contributed by atoms with Crippen molar-refractivity contribution in [3.63, 3.8) is 0 Å². The highest BCUT2D eigenvalue weighted by molar-refractivity contribution is 5.88. The van der Waals surface area contributed by atoms with Crippen molar-refractivity contribution >= 4 is 23.8 Å². The highest BCUT2D eigenvalue weighted by atomic mass is 16.5. The van der Waals surface area contributed by atoms with Gasteiger partial charge in [0.1, 0.15) is 18.2 Å². The number of rotatable bonds is 7. The Morgan fingerprint density at radius 3 is 1.81 bits per heavy atom. The van der Waals surface area contributed by atoms with E-state index in [1.807, 2.05) is 0 Å². The fraction of sp³-hybridized carbons (Fsp3) is 0.667. The van der Waals surface area contributed by atoms with Crippen molar-refractivity contribution in [3.05, 3.63) is 0 Å². The molecule has 0 saturated heterocycles. The molecule has 0 unspecified atom stereocenters. The lowest BCUT2D eigenvalue weighted by molar-refractivity contribution is -0.156. The molecule has 0 aromatic heterocycles. The smallest absolute Gasteiger partial charge is 0.330 e. The maximum atomic E-state index is 11.8. The average molecular weight is 304 g/mol. The molecule has 4 atom stereocenters. The Morgan fingerprint density at radius 1 is 1.00 bits per heavy atom. The summed E-state index contributed by atoms with van der Waals surface area (Å²) in [7, 11) is 0. The van der Waals surface area contributed by atoms with E-state index in [9.17, 15) is 19.2 Å². The zero-order valence-electron chi connectivity index (χ0n) is 12.3. The summed E-state index contributed by atoms with van der Waals surface area (Å²) in [6.07, 6.45) is -2.01. The number of carbonyl (C=O) groups is 4. The van der Waals surface area contributed by atoms with Crippen LogP contribution in [0.3, 0.4) is 0 Å². The molecule has 0 saturated carbocycles. The van der Waals surface area contributed by atoms with Crippen LogP contribution in [0.25, 0.3) is 0 Å². The molecule has 0 aromatic rings. The van der Waals surface area contributed by atoms with Crippen LogP contribution in [0.4, 0.5) is 0 Å². The minimum atomic E-state index is -1.46. The van der Waals surface area contributed by atoms with Gasteiger partial charge in [0.2, 0.25) is 5.91 Å². The van der Waals surface area contributed by atoms with E-state index in [1.54, 1.807) is 0 Å². The topological polar surface area (TPSA) is 145 Å². The molecule has 0 radical (unpaired) electrons. The minimum absolute atomic E-state index is 0.617. The van der Waals surface area contributed by atoms with Gasteiger partial charge in [0.05, 0.1) is 0 Å². The maximum absolute atomic E-state index is 11.8. The van der Waals surface area contributed by atoms with Gasteiger partial charge in [0.25, 0.3) is 0 Å². The second-order valence-electron chi connectivity index (χ2n) is 4.48. The van der Waals surface area contributed by atoms with Crippen LogP contribution in [0, 0.1) is 0 Å². The monoisotopic (exact) mass is 304 g/mol. The minimum Gasteiger partial charge on any atom is -0.480 e. The lowest BCUT2D eigenvalue weighted by Gasteiger charge is -2.24. The molecule has 21 heavy (non-hydrogen) atoms. The van der Waals surface area contributed by atoms with Gasteiger partial charge >= 0.3 is 17.9 Å². The second kappa shape index (κ2) is 8.20. The third-order valence-electron chi connectivity index (χ3n) is 2.55. The van der Waals surface area contributed by atoms with Crippen LogP contribution >= 0.6 is 0 Å². The average Bonchev–Trinajstić information content (AvgIpc) is 2.32. The molecule has 0 bridgehead atoms. The van der Waals surface area contributed by atoms with Gasteiger partial charge in [0, 0.05) is 13.8 Å². The van der Waals surface area contributed by atoms with Gasteiger partial charge in [-0.1, -0.05) is 0 Å². The van der Waals surface area contributed by atoms with Crippen LogP contribution in [0.1, 0.15) is 27.7 Å². The van der Waals surface area contributed by atoms with Crippen LogP contribution in [-0.4, -0.2) is 53.2 Å². The lowest BCUT2D eigenvalue weighted by atomic mass is 10.1. The van der Waals surface area contributed by atoms with Crippen LogP contribution in [-0.2, 0) is 28.7 Å². The van der Waals surface area contributed by atoms with E-state index in [0.717, 1.165) is 13.8 Å². The van der Waals surface area contributed by atoms with E-state index < -0.39 is 48.1 Å². The molecular weight excluding hydrogens is 284 g/mol. The second-order valence-corrected chi connectivity index (χ2v) is 4.48. The predicted octanol–water partition coefficient (Wildman–Crippen LogP) is -1.21. The first-order valence-corrected chi connectivity index (χ1v) is 6.19. The molecule has 0 aliphatic carbocycles. The highest BCUT2D eigenvalue weighted by Gasteiger charge is 2.32. The molecule has 0 aliphatic rings. The fourth-order valence-corrected chi connectivity index (χ4v) is 1.51. The number of hydrogen-bond acceptors (Lipinski definition) is 7. The standard InChI is InChI=1S/C12H20N2O7/c1-5(20-7(3)15)9(13)11(17)14-10(12(18)19)6(2)21-8(4)16/h5-6,9-10H,13H2,1-4H3,(H,14,17)(H,18,19)/t5-,6-,9+,10+/m1/s1. The Balaban J connectivity index is 4.78. The number of nitrogens with one attached hydrogen (secondary N) is 1. The van der Waals surface area contributed by atoms with Gasteiger partial charge in [0.15, 0.2) is 6.04 Å². The SMILES string of the molecule is CC(=O)O[C@H](C)[C@H](N)C(=O)N[C@H](C(=O)O)[C@@H](C)OC(C)=O. The summed E-state index contributed by atoms with van der Waals surface area (Å²) in [6.45, 7) is 4.99. The summed E-state index contributed by atoms with van der Waals surface area (Å²) < 4.78 is 9.46. The van der Waals surface area contributed by atoms with E-state index in [4.69, 9.17) is 20.3 Å². The van der Waals surface area contributed by atoms with E-state index in [1.165, 1.54) is 13.8 Å². The molecule has 9 heteroatoms. The first-order chi connectivity index (χ1) is 9.56. The lowest BCUT2D eigenvalue weighted by Crippen LogP contribution is -2.56. The van der Waals surface area contributed by atoms with Gasteiger partial charge in [-0.3, -0.25) is 14.4 Å². The van der Waals surface area contributed by atoms with E-state index in [-0.39, 0.29) is 0 Å². The number of aliphatic carboxylic acids is 1. The summed E-state index contributed by atoms with van der Waals surface area (Å²) in [5.74, 6) is -3.52. The molecule has 4 N–H and O–H groups in total. The molecule has 1 amide bonds. The summed E-state index contributed by atoms with van der Waals surface area (Å²) in [5, 5.41) is 11.2. The van der Waals surface area contributed by atoms with Crippen LogP contribution in [0.2, 0.25) is 0 Å². The molecule has 0 fully saturated rings. The zero-order valence-corrected chi connectivity index (χ0v) is 12.3. The Kier molecular flexibility index (Phi) is 7.36. The highest BCUT2D eigenvalue weighted by Crippen LogP contribution is 2.03. The van der Waals surface area contributed by atoms with Crippen LogP contribution < -0.4 is 11.1 Å². The largest absolute Gasteiger partial charge is 0.480 e. The Morgan fingerprint density at radius 2 is 1.43 bits per heavy atom. The molecular formula is C12H20N2O7. The summed E-state index contributed by atoms with van der Waals surface area (Å²) >= 11 is 0. The third-order valence-corrected chi connectivity index (χ3v) is 2.55. The van der Waals surface area contributed by atoms with Crippen molar-refractivity contribution in [3.8, 4) is 0 Å². The van der Waals surface area contributed by atoms with Gasteiger partial charge in [-0.15, -0.1) is 0 Å². The van der Waals surface area contributed by atoms with E-state index >= 15 is 0 Å². The van der Waals surface area contributed by atoms with E-state index in [2.05, 4.69) is 5.32 Å². The Hall–Kier alpha value is -2.16. The number of amides is 1. The molecule has 0 aliphatic heterocycles. The molecule has 0 aromatic carbocycles. The Bertz CT molecular complexity index is 424. The van der Waals surface area contributed by atoms with Gasteiger partial charge in [-0.2, -0.15) is 0 Å². The Labute approximate surface area is 121 Å². The predicted molar refractivity (Wildman–Crippen MR) is 70.0 cm³/mol. The first kappa shape index (κ1) is 18.8. The molecule has 9 nitrogen and oxygen atoms in total. The first-order valence-electron chi connectivity index (χ1n) is 6.19. The number of carbonyl (C=O) groups excluding carboxylic acids is 3. The molecule has 0 spiro atoms. The van der Waals surface area contributed by atoms with Crippen LogP contribution in [0.5, 0.6) is 0 Å². The van der Waals surface area contributed by atoms with Gasteiger partial charge in [-0.05, 0) is 13.8 Å². The van der Waals surface area contributed by atoms with Crippen molar-refractivity contribution in [1.29, 1.82) is 0 Å². The molecule has 0 heterocycles. The van der Waals surface area contributed by atoms with Crippen molar-refractivity contribution in [1.82, 2.24) is 5.32 Å². The summed E-state index contributed by atoms with van der Waals surface area (Å²) in [5.41, 5.74) is 5.57. The third kappa shape index (κ3) is 6.70. The van der Waals surface area contributed by atoms with Gasteiger partial charge in [-0.25, -0.2) is 4.79 Å². The van der Waals surface area contributed by atoms with Gasteiger partial charge < -0.3 is 25.6 Å². The normalized spacial score (nSPS) is 16.0. The van der Waals surface area contributed by atoms with Crippen molar-refractivity contribution < 1.29 is 33.8 Å². The zero-order chi connectivity index (χ0) is 16.7. The molecule has 120 valence electrons. The quantitative estimate of drug-likeness (QED) is 0.496. The number of hydrogen-bond donors (Lipinski definition) is 3. The van der Waals surface area contributed by atoms with Crippen LogP contribution in [0.15, 0.2) is 0 Å². The summed E-state index contributed by atoms with van der Waals surface area (Å²) in [4.78, 5) is 44.5.